The summed E-state index contributed by atoms with van der Waals surface area (Å²) in [5.74, 6) is -0.998. The summed E-state index contributed by atoms with van der Waals surface area (Å²) in [6.45, 7) is 0.208. The van der Waals surface area contributed by atoms with E-state index in [0.717, 1.165) is 5.69 Å². The van der Waals surface area contributed by atoms with Gasteiger partial charge in [-0.05, 0) is 72.8 Å². The van der Waals surface area contributed by atoms with Gasteiger partial charge >= 0.3 is 12.6 Å². The summed E-state index contributed by atoms with van der Waals surface area (Å²) in [6.07, 6.45) is 1.39. The first-order valence-corrected chi connectivity index (χ1v) is 10.1. The van der Waals surface area contributed by atoms with Crippen molar-refractivity contribution in [3.63, 3.8) is 0 Å². The Hall–Kier alpha value is -4.41. The molecule has 0 atom stereocenters. The Morgan fingerprint density at radius 3 is 2.47 bits per heavy atom. The maximum absolute atomic E-state index is 12.8. The third-order valence-electron chi connectivity index (χ3n) is 5.08. The summed E-state index contributed by atoms with van der Waals surface area (Å²) in [7, 11) is 0. The van der Waals surface area contributed by atoms with Gasteiger partial charge in [0.1, 0.15) is 12.1 Å². The van der Waals surface area contributed by atoms with Gasteiger partial charge in [0.2, 0.25) is 5.78 Å². The van der Waals surface area contributed by atoms with Gasteiger partial charge in [-0.1, -0.05) is 6.07 Å². The van der Waals surface area contributed by atoms with E-state index in [-0.39, 0.29) is 17.1 Å². The van der Waals surface area contributed by atoms with E-state index in [2.05, 4.69) is 20.3 Å². The van der Waals surface area contributed by atoms with Gasteiger partial charge in [0.15, 0.2) is 6.61 Å². The molecule has 4 rings (SSSR count). The fourth-order valence-electron chi connectivity index (χ4n) is 3.57. The summed E-state index contributed by atoms with van der Waals surface area (Å²) in [5, 5.41) is 10.9. The van der Waals surface area contributed by atoms with E-state index in [9.17, 15) is 18.4 Å². The normalized spacial score (nSPS) is 11.0. The standard InChI is InChI=1S/C23H19F2N5O4/c1-14-10-20(15(2)30(14)17-6-8-19(9-7-17)34-23(24)25)21(31)12-33-22(32)16-4-3-5-18(11-16)29-13-26-27-28-29/h3-11,13,23H,12H2,1-2H3. The second-order valence-electron chi connectivity index (χ2n) is 7.30. The van der Waals surface area contributed by atoms with Crippen LogP contribution < -0.4 is 4.74 Å². The minimum Gasteiger partial charge on any atom is -0.454 e. The maximum atomic E-state index is 12.8. The van der Waals surface area contributed by atoms with E-state index in [1.165, 1.54) is 23.1 Å². The van der Waals surface area contributed by atoms with E-state index in [4.69, 9.17) is 4.74 Å². The number of alkyl halides is 2. The lowest BCUT2D eigenvalue weighted by Gasteiger charge is -2.11. The number of carbonyl (C=O) groups excluding carboxylic acids is 2. The lowest BCUT2D eigenvalue weighted by atomic mass is 10.1. The third-order valence-corrected chi connectivity index (χ3v) is 5.08. The molecule has 0 aliphatic rings. The zero-order chi connectivity index (χ0) is 24.2. The Labute approximate surface area is 192 Å². The number of aryl methyl sites for hydroxylation is 1. The van der Waals surface area contributed by atoms with Crippen LogP contribution in [0, 0.1) is 13.8 Å². The van der Waals surface area contributed by atoms with E-state index >= 15 is 0 Å². The van der Waals surface area contributed by atoms with Crippen molar-refractivity contribution >= 4 is 11.8 Å². The third kappa shape index (κ3) is 4.82. The van der Waals surface area contributed by atoms with E-state index in [1.54, 1.807) is 54.0 Å². The van der Waals surface area contributed by atoms with Crippen molar-refractivity contribution < 1.29 is 27.8 Å². The molecule has 2 heterocycles. The second kappa shape index (κ2) is 9.61. The summed E-state index contributed by atoms with van der Waals surface area (Å²) >= 11 is 0. The molecular weight excluding hydrogens is 448 g/mol. The first kappa shape index (κ1) is 22.8. The number of esters is 1. The minimum absolute atomic E-state index is 0.0357. The summed E-state index contributed by atoms with van der Waals surface area (Å²) in [6, 6.07) is 14.3. The van der Waals surface area contributed by atoms with E-state index < -0.39 is 19.2 Å². The lowest BCUT2D eigenvalue weighted by molar-refractivity contribution is -0.0498. The van der Waals surface area contributed by atoms with Crippen LogP contribution in [0.3, 0.4) is 0 Å². The molecule has 0 saturated carbocycles. The van der Waals surface area contributed by atoms with Crippen molar-refractivity contribution in [2.45, 2.75) is 20.5 Å². The van der Waals surface area contributed by atoms with Crippen molar-refractivity contribution in [2.75, 3.05) is 6.61 Å². The first-order chi connectivity index (χ1) is 16.3. The Morgan fingerprint density at radius 2 is 1.79 bits per heavy atom. The van der Waals surface area contributed by atoms with Gasteiger partial charge in [-0.3, -0.25) is 4.79 Å². The predicted octanol–water partition coefficient (Wildman–Crippen LogP) is 3.71. The number of ketones is 1. The van der Waals surface area contributed by atoms with Crippen molar-refractivity contribution in [1.82, 2.24) is 24.8 Å². The number of benzene rings is 2. The van der Waals surface area contributed by atoms with E-state index in [1.807, 2.05) is 6.92 Å². The number of ether oxygens (including phenoxy) is 2. The van der Waals surface area contributed by atoms with Gasteiger partial charge in [0.05, 0.1) is 11.3 Å². The van der Waals surface area contributed by atoms with E-state index in [0.29, 0.717) is 22.6 Å². The molecule has 0 radical (unpaired) electrons. The van der Waals surface area contributed by atoms with Gasteiger partial charge in [-0.25, -0.2) is 9.48 Å². The molecule has 0 fully saturated rings. The number of Topliss-reactive ketones (excluding diaryl/α,β-unsaturated/α-hetero) is 1. The number of halogens is 2. The van der Waals surface area contributed by atoms with Crippen molar-refractivity contribution in [1.29, 1.82) is 0 Å². The SMILES string of the molecule is Cc1cc(C(=O)COC(=O)c2cccc(-n3cnnn3)c2)c(C)n1-c1ccc(OC(F)F)cc1. The molecule has 0 spiro atoms. The molecule has 174 valence electrons. The molecule has 0 unspecified atom stereocenters. The second-order valence-corrected chi connectivity index (χ2v) is 7.30. The van der Waals surface area contributed by atoms with Crippen LogP contribution in [0.1, 0.15) is 32.1 Å². The quantitative estimate of drug-likeness (QED) is 0.288. The molecule has 0 N–H and O–H groups in total. The van der Waals surface area contributed by atoms with Gasteiger partial charge in [-0.15, -0.1) is 5.10 Å². The first-order valence-electron chi connectivity index (χ1n) is 10.1. The van der Waals surface area contributed by atoms with Crippen LogP contribution in [-0.2, 0) is 4.74 Å². The number of aromatic nitrogens is 5. The Bertz CT molecular complexity index is 1320. The molecule has 34 heavy (non-hydrogen) atoms. The maximum Gasteiger partial charge on any atom is 0.387 e. The predicted molar refractivity (Wildman–Crippen MR) is 116 cm³/mol. The number of hydrogen-bond acceptors (Lipinski definition) is 7. The Morgan fingerprint density at radius 1 is 1.03 bits per heavy atom. The summed E-state index contributed by atoms with van der Waals surface area (Å²) < 4.78 is 37.6. The number of hydrogen-bond donors (Lipinski definition) is 0. The number of carbonyl (C=O) groups is 2. The fraction of sp³-hybridized carbons (Fsp3) is 0.174. The number of nitrogens with zero attached hydrogens (tertiary/aromatic N) is 5. The summed E-state index contributed by atoms with van der Waals surface area (Å²) in [4.78, 5) is 25.3. The van der Waals surface area contributed by atoms with Gasteiger partial charge in [-0.2, -0.15) is 8.78 Å². The average Bonchev–Trinajstić information content (AvgIpc) is 3.46. The van der Waals surface area contributed by atoms with Crippen LogP contribution in [0.5, 0.6) is 5.75 Å². The highest BCUT2D eigenvalue weighted by Gasteiger charge is 2.19. The molecule has 2 aromatic carbocycles. The Balaban J connectivity index is 1.46. The average molecular weight is 467 g/mol. The highest BCUT2D eigenvalue weighted by molar-refractivity contribution is 6.00. The topological polar surface area (TPSA) is 101 Å². The van der Waals surface area contributed by atoms with Gasteiger partial charge in [0.25, 0.3) is 0 Å². The number of rotatable bonds is 8. The molecule has 4 aromatic rings. The van der Waals surface area contributed by atoms with Gasteiger partial charge < -0.3 is 14.0 Å². The van der Waals surface area contributed by atoms with Gasteiger partial charge in [0, 0.05) is 22.6 Å². The largest absolute Gasteiger partial charge is 0.454 e. The highest BCUT2D eigenvalue weighted by Crippen LogP contribution is 2.24. The smallest absolute Gasteiger partial charge is 0.387 e. The Kier molecular flexibility index (Phi) is 6.44. The van der Waals surface area contributed by atoms with Crippen LogP contribution in [0.4, 0.5) is 8.78 Å². The molecular formula is C23H19F2N5O4. The monoisotopic (exact) mass is 467 g/mol. The molecule has 0 amide bonds. The highest BCUT2D eigenvalue weighted by atomic mass is 19.3. The van der Waals surface area contributed by atoms with Crippen LogP contribution in [-0.4, -0.2) is 49.7 Å². The molecule has 0 bridgehead atoms. The molecule has 2 aromatic heterocycles. The van der Waals surface area contributed by atoms with Crippen molar-refractivity contribution in [3.05, 3.63) is 83.4 Å². The molecule has 9 nitrogen and oxygen atoms in total. The van der Waals surface area contributed by atoms with Crippen LogP contribution in [0.25, 0.3) is 11.4 Å². The molecule has 0 saturated heterocycles. The van der Waals surface area contributed by atoms with Crippen molar-refractivity contribution in [2.24, 2.45) is 0 Å². The molecule has 0 aliphatic heterocycles. The number of tetrazole rings is 1. The molecule has 0 aliphatic carbocycles. The zero-order valence-corrected chi connectivity index (χ0v) is 18.2. The lowest BCUT2D eigenvalue weighted by Crippen LogP contribution is -2.15. The zero-order valence-electron chi connectivity index (χ0n) is 18.2. The fourth-order valence-corrected chi connectivity index (χ4v) is 3.57. The van der Waals surface area contributed by atoms with Crippen molar-refractivity contribution in [3.8, 4) is 17.1 Å². The van der Waals surface area contributed by atoms with Crippen LogP contribution in [0.15, 0.2) is 60.9 Å². The minimum atomic E-state index is -2.91. The molecule has 11 heteroatoms. The summed E-state index contributed by atoms with van der Waals surface area (Å²) in [5.41, 5.74) is 3.26. The van der Waals surface area contributed by atoms with Crippen LogP contribution in [0.2, 0.25) is 0 Å². The van der Waals surface area contributed by atoms with Crippen LogP contribution >= 0.6 is 0 Å².